The van der Waals surface area contributed by atoms with Crippen LogP contribution in [0.2, 0.25) is 0 Å². The lowest BCUT2D eigenvalue weighted by atomic mass is 10.2. The number of amides is 1. The minimum absolute atomic E-state index is 0.389. The van der Waals surface area contributed by atoms with E-state index in [1.54, 1.807) is 18.4 Å². The number of guanidine groups is 1. The minimum Gasteiger partial charge on any atom is -0.444 e. The lowest BCUT2D eigenvalue weighted by Gasteiger charge is -2.19. The third kappa shape index (κ3) is 8.71. The lowest BCUT2D eigenvalue weighted by molar-refractivity contribution is 0.0527. The van der Waals surface area contributed by atoms with E-state index in [0.29, 0.717) is 19.6 Å². The predicted octanol–water partition coefficient (Wildman–Crippen LogP) is 2.29. The highest BCUT2D eigenvalue weighted by atomic mass is 32.1. The minimum atomic E-state index is -0.471. The number of ether oxygens (including phenoxy) is 1. The summed E-state index contributed by atoms with van der Waals surface area (Å²) in [7, 11) is 1.73. The number of nitrogens with zero attached hydrogens (tertiary/aromatic N) is 2. The molecule has 0 bridgehead atoms. The van der Waals surface area contributed by atoms with Crippen molar-refractivity contribution < 1.29 is 9.53 Å². The highest BCUT2D eigenvalue weighted by Crippen LogP contribution is 2.09. The van der Waals surface area contributed by atoms with Crippen molar-refractivity contribution in [1.29, 1.82) is 0 Å². The summed E-state index contributed by atoms with van der Waals surface area (Å²) in [6, 6.07) is 0. The number of hydrogen-bond acceptors (Lipinski definition) is 5. The summed E-state index contributed by atoms with van der Waals surface area (Å²) in [6.07, 6.45) is 1.35. The van der Waals surface area contributed by atoms with E-state index in [4.69, 9.17) is 4.74 Å². The van der Waals surface area contributed by atoms with E-state index in [0.717, 1.165) is 29.5 Å². The van der Waals surface area contributed by atoms with Crippen LogP contribution in [0.4, 0.5) is 4.79 Å². The molecule has 8 heteroatoms. The van der Waals surface area contributed by atoms with Crippen LogP contribution in [-0.4, -0.2) is 42.8 Å². The zero-order valence-corrected chi connectivity index (χ0v) is 16.0. The van der Waals surface area contributed by atoms with E-state index in [2.05, 4.69) is 38.2 Å². The number of nitrogens with one attached hydrogen (secondary N) is 3. The van der Waals surface area contributed by atoms with E-state index >= 15 is 0 Å². The summed E-state index contributed by atoms with van der Waals surface area (Å²) in [6.45, 7) is 9.52. The summed E-state index contributed by atoms with van der Waals surface area (Å²) < 4.78 is 5.17. The molecule has 1 aromatic rings. The zero-order chi connectivity index (χ0) is 18.0. The number of carbonyl (C=O) groups excluding carboxylic acids is 1. The Kier molecular flexibility index (Phi) is 8.53. The van der Waals surface area contributed by atoms with Gasteiger partial charge in [0.25, 0.3) is 0 Å². The molecule has 0 fully saturated rings. The first-order valence-electron chi connectivity index (χ1n) is 8.18. The molecular formula is C16H29N5O2S. The molecule has 0 aliphatic rings. The molecule has 0 saturated heterocycles. The van der Waals surface area contributed by atoms with Crippen molar-refractivity contribution in [3.05, 3.63) is 16.1 Å². The van der Waals surface area contributed by atoms with Crippen LogP contribution < -0.4 is 16.0 Å². The van der Waals surface area contributed by atoms with Gasteiger partial charge in [-0.25, -0.2) is 9.78 Å². The van der Waals surface area contributed by atoms with Gasteiger partial charge in [0.1, 0.15) is 5.60 Å². The van der Waals surface area contributed by atoms with Gasteiger partial charge in [-0.05, 0) is 33.6 Å². The Hall–Kier alpha value is -1.83. The summed E-state index contributed by atoms with van der Waals surface area (Å²) in [5.74, 6) is 0.721. The van der Waals surface area contributed by atoms with Crippen LogP contribution in [0, 0.1) is 0 Å². The maximum absolute atomic E-state index is 11.5. The Bertz CT molecular complexity index is 537. The van der Waals surface area contributed by atoms with Crippen LogP contribution in [0.25, 0.3) is 0 Å². The number of alkyl carbamates (subject to hydrolysis) is 1. The number of hydrogen-bond donors (Lipinski definition) is 3. The third-order valence-electron chi connectivity index (χ3n) is 2.88. The molecule has 24 heavy (non-hydrogen) atoms. The first kappa shape index (κ1) is 20.2. The van der Waals surface area contributed by atoms with Crippen LogP contribution in [0.1, 0.15) is 44.8 Å². The van der Waals surface area contributed by atoms with Gasteiger partial charge in [-0.2, -0.15) is 0 Å². The van der Waals surface area contributed by atoms with E-state index < -0.39 is 5.60 Å². The topological polar surface area (TPSA) is 87.6 Å². The number of aromatic nitrogens is 1. The van der Waals surface area contributed by atoms with Crippen molar-refractivity contribution in [3.8, 4) is 0 Å². The molecule has 3 N–H and O–H groups in total. The van der Waals surface area contributed by atoms with Gasteiger partial charge in [0.05, 0.1) is 17.2 Å². The summed E-state index contributed by atoms with van der Waals surface area (Å²) in [5.41, 5.74) is 0.549. The summed E-state index contributed by atoms with van der Waals surface area (Å²) in [4.78, 5) is 20.2. The molecule has 1 amide bonds. The quantitative estimate of drug-likeness (QED) is 0.397. The SMILES string of the molecule is CCc1nc(CNC(=NC)NCCCNC(=O)OC(C)(C)C)cs1. The Morgan fingerprint density at radius 1 is 1.29 bits per heavy atom. The molecule has 0 aromatic carbocycles. The number of aliphatic imine (C=N–C) groups is 1. The van der Waals surface area contributed by atoms with E-state index in [1.165, 1.54) is 0 Å². The number of thiazole rings is 1. The van der Waals surface area contributed by atoms with Crippen LogP contribution in [0.3, 0.4) is 0 Å². The molecule has 0 atom stereocenters. The molecule has 0 aliphatic carbocycles. The summed E-state index contributed by atoms with van der Waals surface area (Å²) in [5, 5.41) is 12.4. The molecule has 0 spiro atoms. The van der Waals surface area contributed by atoms with Crippen LogP contribution in [0.15, 0.2) is 10.4 Å². The van der Waals surface area contributed by atoms with E-state index in [9.17, 15) is 4.79 Å². The molecule has 7 nitrogen and oxygen atoms in total. The first-order chi connectivity index (χ1) is 11.3. The zero-order valence-electron chi connectivity index (χ0n) is 15.2. The van der Waals surface area contributed by atoms with Gasteiger partial charge in [0.15, 0.2) is 5.96 Å². The Balaban J connectivity index is 2.17. The Labute approximate surface area is 148 Å². The molecule has 1 heterocycles. The average molecular weight is 356 g/mol. The molecule has 1 rings (SSSR count). The lowest BCUT2D eigenvalue weighted by Crippen LogP contribution is -2.39. The second kappa shape index (κ2) is 10.1. The number of rotatable bonds is 7. The maximum atomic E-state index is 11.5. The standard InChI is InChI=1S/C16H29N5O2S/c1-6-13-21-12(11-24-13)10-20-14(17-5)18-8-7-9-19-15(22)23-16(2,3)4/h11H,6-10H2,1-5H3,(H,19,22)(H2,17,18,20). The normalized spacial score (nSPS) is 12.0. The van der Waals surface area contributed by atoms with Gasteiger partial charge in [-0.3, -0.25) is 4.99 Å². The molecule has 136 valence electrons. The number of carbonyl (C=O) groups is 1. The number of aryl methyl sites for hydroxylation is 1. The van der Waals surface area contributed by atoms with Crippen LogP contribution >= 0.6 is 11.3 Å². The second-order valence-electron chi connectivity index (χ2n) is 6.22. The highest BCUT2D eigenvalue weighted by molar-refractivity contribution is 7.09. The van der Waals surface area contributed by atoms with Crippen molar-refractivity contribution >= 4 is 23.4 Å². The molecule has 0 aliphatic heterocycles. The van der Waals surface area contributed by atoms with Crippen molar-refractivity contribution in [1.82, 2.24) is 20.9 Å². The largest absolute Gasteiger partial charge is 0.444 e. The predicted molar refractivity (Wildman–Crippen MR) is 98.5 cm³/mol. The fourth-order valence-corrected chi connectivity index (χ4v) is 2.53. The van der Waals surface area contributed by atoms with Gasteiger partial charge in [-0.15, -0.1) is 11.3 Å². The third-order valence-corrected chi connectivity index (χ3v) is 3.92. The molecule has 0 unspecified atom stereocenters. The Morgan fingerprint density at radius 3 is 2.58 bits per heavy atom. The maximum Gasteiger partial charge on any atom is 0.407 e. The van der Waals surface area contributed by atoms with Crippen molar-refractivity contribution in [2.24, 2.45) is 4.99 Å². The van der Waals surface area contributed by atoms with Gasteiger partial charge in [0.2, 0.25) is 0 Å². The molecule has 1 aromatic heterocycles. The van der Waals surface area contributed by atoms with Gasteiger partial charge in [-0.1, -0.05) is 6.92 Å². The fraction of sp³-hybridized carbons (Fsp3) is 0.688. The molecule has 0 radical (unpaired) electrons. The first-order valence-corrected chi connectivity index (χ1v) is 9.06. The van der Waals surface area contributed by atoms with Crippen LogP contribution in [0.5, 0.6) is 0 Å². The van der Waals surface area contributed by atoms with Gasteiger partial charge < -0.3 is 20.7 Å². The van der Waals surface area contributed by atoms with Crippen LogP contribution in [-0.2, 0) is 17.7 Å². The van der Waals surface area contributed by atoms with Gasteiger partial charge >= 0.3 is 6.09 Å². The van der Waals surface area contributed by atoms with Crippen molar-refractivity contribution in [3.63, 3.8) is 0 Å². The van der Waals surface area contributed by atoms with Gasteiger partial charge in [0, 0.05) is 25.5 Å². The summed E-state index contributed by atoms with van der Waals surface area (Å²) >= 11 is 1.68. The Morgan fingerprint density at radius 2 is 2.00 bits per heavy atom. The van der Waals surface area contributed by atoms with E-state index in [-0.39, 0.29) is 6.09 Å². The van der Waals surface area contributed by atoms with Crippen molar-refractivity contribution in [2.75, 3.05) is 20.1 Å². The highest BCUT2D eigenvalue weighted by Gasteiger charge is 2.15. The molecular weight excluding hydrogens is 326 g/mol. The average Bonchev–Trinajstić information content (AvgIpc) is 2.96. The van der Waals surface area contributed by atoms with Crippen molar-refractivity contribution in [2.45, 2.75) is 52.7 Å². The smallest absolute Gasteiger partial charge is 0.407 e. The monoisotopic (exact) mass is 355 g/mol. The second-order valence-corrected chi connectivity index (χ2v) is 7.16. The molecule has 0 saturated carbocycles. The fourth-order valence-electron chi connectivity index (χ4n) is 1.79. The van der Waals surface area contributed by atoms with E-state index in [1.807, 2.05) is 20.8 Å².